The second-order valence-corrected chi connectivity index (χ2v) is 15.7. The molecule has 0 aliphatic rings. The van der Waals surface area contributed by atoms with Crippen LogP contribution in [0.3, 0.4) is 0 Å². The van der Waals surface area contributed by atoms with E-state index < -0.39 is 11.8 Å². The summed E-state index contributed by atoms with van der Waals surface area (Å²) in [7, 11) is 0. The van der Waals surface area contributed by atoms with Gasteiger partial charge in [0.25, 0.3) is 0 Å². The highest BCUT2D eigenvalue weighted by Crippen LogP contribution is 2.44. The van der Waals surface area contributed by atoms with Crippen molar-refractivity contribution < 1.29 is 11.6 Å². The Bertz CT molecular complexity index is 2870. The van der Waals surface area contributed by atoms with E-state index in [1.165, 1.54) is 22.3 Å². The fourth-order valence-electron chi connectivity index (χ4n) is 7.84. The van der Waals surface area contributed by atoms with E-state index in [4.69, 9.17) is 13.8 Å². The molecule has 0 atom stereocenters. The van der Waals surface area contributed by atoms with Gasteiger partial charge in [0.2, 0.25) is 0 Å². The number of fused-ring (bicyclic) bond motifs is 7. The van der Waals surface area contributed by atoms with Gasteiger partial charge in [0.1, 0.15) is 28.2 Å². The van der Waals surface area contributed by atoms with Crippen LogP contribution in [0.5, 0.6) is 0 Å². The molecule has 0 spiro atoms. The van der Waals surface area contributed by atoms with E-state index in [9.17, 15) is 2.74 Å². The zero-order valence-electron chi connectivity index (χ0n) is 32.8. The molecule has 0 radical (unpaired) electrons. The molecule has 0 N–H and O–H groups in total. The maximum atomic E-state index is 9.61. The van der Waals surface area contributed by atoms with Crippen molar-refractivity contribution in [3.63, 3.8) is 0 Å². The van der Waals surface area contributed by atoms with Crippen LogP contribution in [0, 0.1) is 5.41 Å². The van der Waals surface area contributed by atoms with Gasteiger partial charge in [-0.3, -0.25) is 4.57 Å². The van der Waals surface area contributed by atoms with E-state index in [0.29, 0.717) is 5.56 Å². The zero-order chi connectivity index (χ0) is 37.7. The topological polar surface area (TPSA) is 44.1 Å². The summed E-state index contributed by atoms with van der Waals surface area (Å²) in [5, 5.41) is 4.02. The predicted molar refractivity (Wildman–Crippen MR) is 218 cm³/mol. The molecule has 9 aromatic rings. The van der Waals surface area contributed by atoms with E-state index in [1.54, 1.807) is 0 Å². The van der Waals surface area contributed by atoms with Crippen molar-refractivity contribution in [2.24, 2.45) is 5.41 Å². The summed E-state index contributed by atoms with van der Waals surface area (Å²) in [5.74, 6) is 1.03. The van der Waals surface area contributed by atoms with Crippen LogP contribution in [0.15, 0.2) is 124 Å². The van der Waals surface area contributed by atoms with Gasteiger partial charge >= 0.3 is 0 Å². The average molecular weight is 683 g/mol. The Morgan fingerprint density at radius 1 is 0.635 bits per heavy atom. The highest BCUT2D eigenvalue weighted by atomic mass is 16.3. The Balaban J connectivity index is 1.41. The SMILES string of the molecule is [2H]C([2H])(c1cccc2nc(-c3cccc4c3oc3cc5c(cc34)oc3ccccc35)n(-c3c(C(C)C)cc(-c4ccccc4)cc3C(C)C)c12)C(C)(C)C. The zero-order valence-corrected chi connectivity index (χ0v) is 30.8. The minimum atomic E-state index is -1.68. The number of aromatic nitrogens is 2. The third-order valence-electron chi connectivity index (χ3n) is 10.2. The normalized spacial score (nSPS) is 13.4. The van der Waals surface area contributed by atoms with Gasteiger partial charge in [-0.25, -0.2) is 4.98 Å². The summed E-state index contributed by atoms with van der Waals surface area (Å²) >= 11 is 0. The highest BCUT2D eigenvalue weighted by molar-refractivity contribution is 6.16. The Morgan fingerprint density at radius 2 is 1.27 bits per heavy atom. The molecule has 3 heterocycles. The Labute approximate surface area is 307 Å². The highest BCUT2D eigenvalue weighted by Gasteiger charge is 2.28. The first kappa shape index (κ1) is 30.1. The third kappa shape index (κ3) is 5.23. The number of benzene rings is 6. The fourth-order valence-corrected chi connectivity index (χ4v) is 7.84. The van der Waals surface area contributed by atoms with Gasteiger partial charge in [-0.1, -0.05) is 121 Å². The van der Waals surface area contributed by atoms with Crippen LogP contribution in [0.25, 0.3) is 83.1 Å². The van der Waals surface area contributed by atoms with E-state index in [2.05, 4.69) is 111 Å². The van der Waals surface area contributed by atoms with E-state index in [1.807, 2.05) is 57.2 Å². The molecule has 0 fully saturated rings. The van der Waals surface area contributed by atoms with Crippen LogP contribution in [0.1, 0.15) is 79.7 Å². The number of hydrogen-bond acceptors (Lipinski definition) is 3. The maximum Gasteiger partial charge on any atom is 0.149 e. The molecular weight excluding hydrogens is 637 g/mol. The molecule has 0 saturated heterocycles. The van der Waals surface area contributed by atoms with Gasteiger partial charge in [0.15, 0.2) is 0 Å². The lowest BCUT2D eigenvalue weighted by atomic mass is 9.86. The van der Waals surface area contributed by atoms with E-state index in [-0.39, 0.29) is 11.8 Å². The third-order valence-corrected chi connectivity index (χ3v) is 10.2. The second-order valence-electron chi connectivity index (χ2n) is 15.7. The summed E-state index contributed by atoms with van der Waals surface area (Å²) in [5.41, 5.74) is 11.2. The van der Waals surface area contributed by atoms with Crippen LogP contribution in [0.4, 0.5) is 0 Å². The van der Waals surface area contributed by atoms with Gasteiger partial charge in [0.05, 0.1) is 22.3 Å². The minimum absolute atomic E-state index is 0.158. The summed E-state index contributed by atoms with van der Waals surface area (Å²) in [6, 6.07) is 39.6. The molecule has 258 valence electrons. The molecule has 4 heteroatoms. The molecule has 0 bridgehead atoms. The Morgan fingerprint density at radius 3 is 1.98 bits per heavy atom. The van der Waals surface area contributed by atoms with Gasteiger partial charge in [0, 0.05) is 24.3 Å². The minimum Gasteiger partial charge on any atom is -0.456 e. The monoisotopic (exact) mass is 682 g/mol. The van der Waals surface area contributed by atoms with Crippen molar-refractivity contribution in [1.29, 1.82) is 0 Å². The Hall–Kier alpha value is -5.61. The van der Waals surface area contributed by atoms with E-state index >= 15 is 0 Å². The molecule has 0 amide bonds. The number of nitrogens with zero attached hydrogens (tertiary/aromatic N) is 2. The number of imidazole rings is 1. The Kier molecular flexibility index (Phi) is 6.93. The summed E-state index contributed by atoms with van der Waals surface area (Å²) < 4.78 is 34.7. The molecule has 9 rings (SSSR count). The first-order valence-electron chi connectivity index (χ1n) is 19.4. The van der Waals surface area contributed by atoms with Crippen molar-refractivity contribution >= 4 is 54.9 Å². The molecule has 0 unspecified atom stereocenters. The lowest BCUT2D eigenvalue weighted by Gasteiger charge is -2.26. The number of para-hydroxylation sites is 3. The van der Waals surface area contributed by atoms with Gasteiger partial charge in [-0.2, -0.15) is 0 Å². The molecule has 0 aliphatic carbocycles. The molecule has 52 heavy (non-hydrogen) atoms. The average Bonchev–Trinajstić information content (AvgIpc) is 3.83. The predicted octanol–water partition coefficient (Wildman–Crippen LogP) is 14.0. The van der Waals surface area contributed by atoms with Gasteiger partial charge < -0.3 is 8.83 Å². The van der Waals surface area contributed by atoms with Gasteiger partial charge in [-0.05, 0) is 93.9 Å². The van der Waals surface area contributed by atoms with Crippen LogP contribution in [0.2, 0.25) is 0 Å². The van der Waals surface area contributed by atoms with E-state index in [0.717, 1.165) is 72.0 Å². The molecule has 6 aromatic carbocycles. The summed E-state index contributed by atoms with van der Waals surface area (Å²) in [6.45, 7) is 14.9. The van der Waals surface area contributed by atoms with Crippen molar-refractivity contribution in [2.45, 2.75) is 66.7 Å². The smallest absolute Gasteiger partial charge is 0.149 e. The fraction of sp³-hybridized carbons (Fsp3) is 0.229. The van der Waals surface area contributed by atoms with Crippen LogP contribution >= 0.6 is 0 Å². The first-order valence-corrected chi connectivity index (χ1v) is 18.4. The van der Waals surface area contributed by atoms with Crippen LogP contribution < -0.4 is 0 Å². The summed E-state index contributed by atoms with van der Waals surface area (Å²) in [6.07, 6.45) is -1.68. The molecule has 3 aromatic heterocycles. The number of rotatable bonds is 6. The summed E-state index contributed by atoms with van der Waals surface area (Å²) in [4.78, 5) is 5.42. The standard InChI is InChI=1S/C48H44N2O2/c1-28(2)36-23-32(30-15-9-8-10-16-30)24-37(29(3)4)45(36)50-44-31(27-48(5,6)7)17-13-21-40(44)49-47(50)35-20-14-19-34-39-26-42-38(25-43(39)52-46(34)35)33-18-11-12-22-41(33)51-42/h8-26,28-29H,27H2,1-7H3/i27D2. The van der Waals surface area contributed by atoms with Gasteiger partial charge in [-0.15, -0.1) is 0 Å². The quantitative estimate of drug-likeness (QED) is 0.175. The maximum absolute atomic E-state index is 9.61. The molecular formula is C48H44N2O2. The number of hydrogen-bond donors (Lipinski definition) is 0. The van der Waals surface area contributed by atoms with Crippen molar-refractivity contribution in [3.05, 3.63) is 132 Å². The van der Waals surface area contributed by atoms with Crippen molar-refractivity contribution in [3.8, 4) is 28.2 Å². The van der Waals surface area contributed by atoms with Crippen LogP contribution in [-0.2, 0) is 6.37 Å². The molecule has 4 nitrogen and oxygen atoms in total. The molecule has 0 saturated carbocycles. The van der Waals surface area contributed by atoms with Crippen molar-refractivity contribution in [2.75, 3.05) is 0 Å². The second kappa shape index (κ2) is 12.0. The molecule has 0 aliphatic heterocycles. The largest absolute Gasteiger partial charge is 0.456 e. The lowest BCUT2D eigenvalue weighted by molar-refractivity contribution is 0.412. The number of furan rings is 2. The first-order chi connectivity index (χ1) is 25.8. The van der Waals surface area contributed by atoms with Crippen molar-refractivity contribution in [1.82, 2.24) is 9.55 Å². The lowest BCUT2D eigenvalue weighted by Crippen LogP contribution is -2.13. The van der Waals surface area contributed by atoms with Crippen LogP contribution in [-0.4, -0.2) is 9.55 Å².